The zero-order chi connectivity index (χ0) is 19.1. The second kappa shape index (κ2) is 6.68. The Balaban J connectivity index is 1.96. The van der Waals surface area contributed by atoms with Crippen LogP contribution in [0.4, 0.5) is 0 Å². The van der Waals surface area contributed by atoms with Crippen LogP contribution in [0.5, 0.6) is 0 Å². The second-order valence-electron chi connectivity index (χ2n) is 6.87. The number of nitrogens with zero attached hydrogens (tertiary/aromatic N) is 3. The van der Waals surface area contributed by atoms with Crippen molar-refractivity contribution in [3.05, 3.63) is 69.3 Å². The van der Waals surface area contributed by atoms with E-state index in [4.69, 9.17) is 0 Å². The van der Waals surface area contributed by atoms with E-state index in [1.165, 1.54) is 12.5 Å². The van der Waals surface area contributed by atoms with Crippen LogP contribution in [-0.4, -0.2) is 28.3 Å². The molecule has 0 unspecified atom stereocenters. The molecule has 1 aliphatic rings. The predicted octanol–water partition coefficient (Wildman–Crippen LogP) is 3.29. The van der Waals surface area contributed by atoms with Crippen LogP contribution >= 0.6 is 0 Å². The topological polar surface area (TPSA) is 95.1 Å². The van der Waals surface area contributed by atoms with Crippen LogP contribution in [0.2, 0.25) is 0 Å². The second-order valence-corrected chi connectivity index (χ2v) is 8.72. The fraction of sp³-hybridized carbons (Fsp3) is 0.389. The molecule has 1 heterocycles. The van der Waals surface area contributed by atoms with E-state index in [2.05, 4.69) is 4.98 Å². The van der Waals surface area contributed by atoms with Gasteiger partial charge in [-0.1, -0.05) is 28.8 Å². The van der Waals surface area contributed by atoms with Gasteiger partial charge in [0.2, 0.25) is 6.04 Å². The maximum atomic E-state index is 12.8. The number of allylic oxidation sites excluding steroid dienone is 1. The SMILES string of the molecule is CC1=C(C)C[C@@H](c2cn(S(=O)(=O)c3ccc(C)cc3)cn2)[C@H]([N+](=O)[O-])C1. The summed E-state index contributed by atoms with van der Waals surface area (Å²) in [5.41, 5.74) is 3.52. The van der Waals surface area contributed by atoms with Gasteiger partial charge in [-0.15, -0.1) is 0 Å². The molecule has 0 spiro atoms. The summed E-state index contributed by atoms with van der Waals surface area (Å²) in [7, 11) is -3.76. The molecule has 2 atom stereocenters. The van der Waals surface area contributed by atoms with Gasteiger partial charge in [0, 0.05) is 17.5 Å². The fourth-order valence-electron chi connectivity index (χ4n) is 3.27. The van der Waals surface area contributed by atoms with E-state index in [-0.39, 0.29) is 9.82 Å². The monoisotopic (exact) mass is 375 g/mol. The summed E-state index contributed by atoms with van der Waals surface area (Å²) in [5.74, 6) is -0.428. The first-order valence-corrected chi connectivity index (χ1v) is 9.79. The first kappa shape index (κ1) is 18.3. The minimum atomic E-state index is -3.76. The molecular formula is C18H21N3O4S. The molecule has 26 heavy (non-hydrogen) atoms. The molecule has 0 aliphatic heterocycles. The smallest absolute Gasteiger partial charge is 0.264 e. The van der Waals surface area contributed by atoms with Gasteiger partial charge in [-0.05, 0) is 39.3 Å². The molecular weight excluding hydrogens is 354 g/mol. The summed E-state index contributed by atoms with van der Waals surface area (Å²) in [6.07, 6.45) is 3.51. The van der Waals surface area contributed by atoms with Gasteiger partial charge in [0.1, 0.15) is 6.33 Å². The zero-order valence-electron chi connectivity index (χ0n) is 14.9. The Morgan fingerprint density at radius 2 is 1.73 bits per heavy atom. The van der Waals surface area contributed by atoms with Gasteiger partial charge in [0.15, 0.2) is 0 Å². The molecule has 0 bridgehead atoms. The van der Waals surface area contributed by atoms with Crippen molar-refractivity contribution < 1.29 is 13.3 Å². The third kappa shape index (κ3) is 3.29. The lowest BCUT2D eigenvalue weighted by Crippen LogP contribution is -2.31. The van der Waals surface area contributed by atoms with E-state index in [1.807, 2.05) is 20.8 Å². The molecule has 1 aliphatic carbocycles. The average molecular weight is 375 g/mol. The number of nitro groups is 1. The van der Waals surface area contributed by atoms with Crippen molar-refractivity contribution in [2.45, 2.75) is 50.5 Å². The number of benzene rings is 1. The molecule has 0 radical (unpaired) electrons. The van der Waals surface area contributed by atoms with Gasteiger partial charge in [0.25, 0.3) is 10.0 Å². The fourth-order valence-corrected chi connectivity index (χ4v) is 4.41. The van der Waals surface area contributed by atoms with Crippen molar-refractivity contribution in [2.75, 3.05) is 0 Å². The standard InChI is InChI=1S/C18H21N3O4S/c1-12-4-6-15(7-5-12)26(24,25)20-10-17(19-11-20)16-8-13(2)14(3)9-18(16)21(22)23/h4-7,10-11,16,18H,8-9H2,1-3H3/t16-,18+/m0/s1. The van der Waals surface area contributed by atoms with Crippen LogP contribution in [0.3, 0.4) is 0 Å². The van der Waals surface area contributed by atoms with Crippen LogP contribution < -0.4 is 0 Å². The van der Waals surface area contributed by atoms with Crippen LogP contribution in [0.15, 0.2) is 52.8 Å². The maximum absolute atomic E-state index is 12.8. The van der Waals surface area contributed by atoms with E-state index in [1.54, 1.807) is 24.3 Å². The normalized spacial score (nSPS) is 21.0. The van der Waals surface area contributed by atoms with Gasteiger partial charge in [0.05, 0.1) is 16.5 Å². The molecule has 7 nitrogen and oxygen atoms in total. The summed E-state index contributed by atoms with van der Waals surface area (Å²) in [5, 5.41) is 11.5. The number of aromatic nitrogens is 2. The van der Waals surface area contributed by atoms with Gasteiger partial charge in [-0.2, -0.15) is 0 Å². The third-order valence-corrected chi connectivity index (χ3v) is 6.68. The Labute approximate surface area is 152 Å². The quantitative estimate of drug-likeness (QED) is 0.464. The lowest BCUT2D eigenvalue weighted by Gasteiger charge is -2.26. The zero-order valence-corrected chi connectivity index (χ0v) is 15.7. The number of aryl methyl sites for hydroxylation is 1. The Hall–Kier alpha value is -2.48. The van der Waals surface area contributed by atoms with Crippen molar-refractivity contribution >= 4 is 10.0 Å². The van der Waals surface area contributed by atoms with E-state index in [0.717, 1.165) is 20.7 Å². The molecule has 1 aromatic carbocycles. The largest absolute Gasteiger partial charge is 0.268 e. The van der Waals surface area contributed by atoms with Crippen molar-refractivity contribution in [3.63, 3.8) is 0 Å². The lowest BCUT2D eigenvalue weighted by molar-refractivity contribution is -0.527. The first-order chi connectivity index (χ1) is 12.2. The van der Waals surface area contributed by atoms with Crippen molar-refractivity contribution in [3.8, 4) is 0 Å². The van der Waals surface area contributed by atoms with Crippen LogP contribution in [0.25, 0.3) is 0 Å². The first-order valence-electron chi connectivity index (χ1n) is 8.35. The molecule has 1 aromatic heterocycles. The van der Waals surface area contributed by atoms with Gasteiger partial charge in [-0.25, -0.2) is 17.4 Å². The van der Waals surface area contributed by atoms with Crippen LogP contribution in [0, 0.1) is 17.0 Å². The molecule has 3 rings (SSSR count). The number of imidazole rings is 1. The Bertz CT molecular complexity index is 974. The average Bonchev–Trinajstić information content (AvgIpc) is 3.08. The van der Waals surface area contributed by atoms with Crippen molar-refractivity contribution in [1.82, 2.24) is 8.96 Å². The summed E-state index contributed by atoms with van der Waals surface area (Å²) < 4.78 is 26.6. The summed E-state index contributed by atoms with van der Waals surface area (Å²) >= 11 is 0. The van der Waals surface area contributed by atoms with Crippen LogP contribution in [-0.2, 0) is 10.0 Å². The number of rotatable bonds is 4. The minimum absolute atomic E-state index is 0.161. The molecule has 0 N–H and O–H groups in total. The number of hydrogen-bond donors (Lipinski definition) is 0. The summed E-state index contributed by atoms with van der Waals surface area (Å²) in [6, 6.07) is 5.75. The highest BCUT2D eigenvalue weighted by Gasteiger charge is 2.38. The number of hydrogen-bond acceptors (Lipinski definition) is 5. The molecule has 0 fully saturated rings. The highest BCUT2D eigenvalue weighted by Crippen LogP contribution is 2.37. The molecule has 8 heteroatoms. The highest BCUT2D eigenvalue weighted by molar-refractivity contribution is 7.90. The molecule has 2 aromatic rings. The van der Waals surface area contributed by atoms with Crippen LogP contribution in [0.1, 0.15) is 43.9 Å². The molecule has 0 saturated carbocycles. The Morgan fingerprint density at radius 3 is 2.35 bits per heavy atom. The molecule has 0 saturated heterocycles. The van der Waals surface area contributed by atoms with E-state index >= 15 is 0 Å². The van der Waals surface area contributed by atoms with Gasteiger partial charge in [-0.3, -0.25) is 10.1 Å². The van der Waals surface area contributed by atoms with Gasteiger partial charge < -0.3 is 0 Å². The predicted molar refractivity (Wildman–Crippen MR) is 97.1 cm³/mol. The third-order valence-electron chi connectivity index (χ3n) is 5.06. The Morgan fingerprint density at radius 1 is 1.12 bits per heavy atom. The Kier molecular flexibility index (Phi) is 4.70. The molecule has 138 valence electrons. The van der Waals surface area contributed by atoms with Crippen molar-refractivity contribution in [1.29, 1.82) is 0 Å². The van der Waals surface area contributed by atoms with Crippen molar-refractivity contribution in [2.24, 2.45) is 0 Å². The van der Waals surface area contributed by atoms with E-state index in [0.29, 0.717) is 18.5 Å². The maximum Gasteiger partial charge on any atom is 0.268 e. The van der Waals surface area contributed by atoms with Gasteiger partial charge >= 0.3 is 0 Å². The summed E-state index contributed by atoms with van der Waals surface area (Å²) in [6.45, 7) is 5.74. The molecule has 0 amide bonds. The van der Waals surface area contributed by atoms with E-state index in [9.17, 15) is 18.5 Å². The minimum Gasteiger partial charge on any atom is -0.264 e. The summed E-state index contributed by atoms with van der Waals surface area (Å²) in [4.78, 5) is 15.6. The van der Waals surface area contributed by atoms with E-state index < -0.39 is 22.0 Å². The highest BCUT2D eigenvalue weighted by atomic mass is 32.2. The lowest BCUT2D eigenvalue weighted by atomic mass is 9.80.